The van der Waals surface area contributed by atoms with Crippen LogP contribution in [0.1, 0.15) is 12.0 Å². The number of pyridine rings is 1. The van der Waals surface area contributed by atoms with Gasteiger partial charge in [0, 0.05) is 24.7 Å². The molecule has 0 aliphatic rings. The van der Waals surface area contributed by atoms with Crippen LogP contribution in [0.4, 0.5) is 16.2 Å². The summed E-state index contributed by atoms with van der Waals surface area (Å²) < 4.78 is 5.66. The van der Waals surface area contributed by atoms with Crippen molar-refractivity contribution >= 4 is 23.3 Å². The molecule has 2 aromatic carbocycles. The monoisotopic (exact) mass is 390 g/mol. The van der Waals surface area contributed by atoms with Crippen molar-refractivity contribution in [2.45, 2.75) is 13.3 Å². The second-order valence-electron chi connectivity index (χ2n) is 6.35. The third kappa shape index (κ3) is 6.66. The van der Waals surface area contributed by atoms with Crippen LogP contribution in [0.5, 0.6) is 11.6 Å². The highest BCUT2D eigenvalue weighted by Gasteiger charge is 2.06. The lowest BCUT2D eigenvalue weighted by Gasteiger charge is -2.09. The van der Waals surface area contributed by atoms with Gasteiger partial charge < -0.3 is 20.7 Å². The topological polar surface area (TPSA) is 92.4 Å². The number of hydrogen-bond donors (Lipinski definition) is 3. The number of amides is 3. The molecule has 7 heteroatoms. The predicted molar refractivity (Wildman–Crippen MR) is 112 cm³/mol. The van der Waals surface area contributed by atoms with E-state index in [1.54, 1.807) is 24.3 Å². The van der Waals surface area contributed by atoms with Crippen LogP contribution in [-0.2, 0) is 4.79 Å². The van der Waals surface area contributed by atoms with E-state index >= 15 is 0 Å². The highest BCUT2D eigenvalue weighted by Crippen LogP contribution is 2.20. The van der Waals surface area contributed by atoms with Crippen molar-refractivity contribution in [3.8, 4) is 11.6 Å². The number of aromatic nitrogens is 1. The molecule has 0 aliphatic heterocycles. The number of nitrogens with zero attached hydrogens (tertiary/aromatic N) is 1. The molecule has 0 atom stereocenters. The maximum atomic E-state index is 12.0. The van der Waals surface area contributed by atoms with Crippen LogP contribution in [0.2, 0.25) is 0 Å². The second kappa shape index (κ2) is 9.89. The Labute approximate surface area is 169 Å². The van der Waals surface area contributed by atoms with E-state index in [-0.39, 0.29) is 24.9 Å². The number of urea groups is 1. The van der Waals surface area contributed by atoms with Gasteiger partial charge in [0.1, 0.15) is 5.75 Å². The second-order valence-corrected chi connectivity index (χ2v) is 6.35. The van der Waals surface area contributed by atoms with E-state index in [4.69, 9.17) is 4.74 Å². The van der Waals surface area contributed by atoms with Gasteiger partial charge in [0.15, 0.2) is 0 Å². The van der Waals surface area contributed by atoms with Crippen molar-refractivity contribution in [1.29, 1.82) is 0 Å². The molecule has 1 heterocycles. The van der Waals surface area contributed by atoms with E-state index < -0.39 is 0 Å². The maximum absolute atomic E-state index is 12.0. The zero-order chi connectivity index (χ0) is 20.5. The van der Waals surface area contributed by atoms with Crippen LogP contribution < -0.4 is 20.7 Å². The van der Waals surface area contributed by atoms with E-state index in [0.717, 1.165) is 5.56 Å². The lowest BCUT2D eigenvalue weighted by atomic mass is 10.2. The fourth-order valence-electron chi connectivity index (χ4n) is 2.45. The third-order valence-electron chi connectivity index (χ3n) is 3.93. The van der Waals surface area contributed by atoms with Gasteiger partial charge in [-0.15, -0.1) is 0 Å². The summed E-state index contributed by atoms with van der Waals surface area (Å²) in [5.74, 6) is 0.907. The normalized spacial score (nSPS) is 10.1. The number of carbonyl (C=O) groups is 2. The molecule has 0 saturated carbocycles. The molecule has 3 aromatic rings. The Kier molecular flexibility index (Phi) is 6.78. The summed E-state index contributed by atoms with van der Waals surface area (Å²) in [4.78, 5) is 28.0. The summed E-state index contributed by atoms with van der Waals surface area (Å²) in [6.45, 7) is 2.22. The van der Waals surface area contributed by atoms with Gasteiger partial charge in [0.2, 0.25) is 11.8 Å². The molecular formula is C22H22N4O3. The van der Waals surface area contributed by atoms with Crippen LogP contribution in [0.25, 0.3) is 0 Å². The number of ether oxygens (including phenoxy) is 1. The average molecular weight is 390 g/mol. The number of benzene rings is 2. The van der Waals surface area contributed by atoms with Crippen molar-refractivity contribution in [3.63, 3.8) is 0 Å². The van der Waals surface area contributed by atoms with E-state index in [9.17, 15) is 9.59 Å². The summed E-state index contributed by atoms with van der Waals surface area (Å²) in [6.07, 6.45) is 1.67. The molecule has 29 heavy (non-hydrogen) atoms. The van der Waals surface area contributed by atoms with Crippen molar-refractivity contribution in [3.05, 3.63) is 78.5 Å². The third-order valence-corrected chi connectivity index (χ3v) is 3.93. The number of hydrogen-bond acceptors (Lipinski definition) is 4. The first-order valence-electron chi connectivity index (χ1n) is 9.19. The molecule has 7 nitrogen and oxygen atoms in total. The fourth-order valence-corrected chi connectivity index (χ4v) is 2.45. The van der Waals surface area contributed by atoms with E-state index in [2.05, 4.69) is 20.9 Å². The number of rotatable bonds is 7. The molecule has 0 spiro atoms. The predicted octanol–water partition coefficient (Wildman–Crippen LogP) is 4.33. The average Bonchev–Trinajstić information content (AvgIpc) is 2.72. The van der Waals surface area contributed by atoms with Gasteiger partial charge in [-0.1, -0.05) is 35.9 Å². The Hall–Kier alpha value is -3.87. The minimum Gasteiger partial charge on any atom is -0.439 e. The number of para-hydroxylation sites is 1. The molecule has 1 aromatic heterocycles. The Morgan fingerprint density at radius 3 is 2.34 bits per heavy atom. The number of carbonyl (C=O) groups excluding carboxylic acids is 2. The number of aryl methyl sites for hydroxylation is 1. The summed E-state index contributed by atoms with van der Waals surface area (Å²) in [7, 11) is 0. The van der Waals surface area contributed by atoms with Gasteiger partial charge in [0.05, 0.1) is 11.9 Å². The van der Waals surface area contributed by atoms with Gasteiger partial charge in [-0.3, -0.25) is 4.79 Å². The Morgan fingerprint density at radius 1 is 0.897 bits per heavy atom. The van der Waals surface area contributed by atoms with E-state index in [1.807, 2.05) is 49.4 Å². The minimum absolute atomic E-state index is 0.143. The summed E-state index contributed by atoms with van der Waals surface area (Å²) >= 11 is 0. The lowest BCUT2D eigenvalue weighted by Crippen LogP contribution is -2.31. The maximum Gasteiger partial charge on any atom is 0.319 e. The molecule has 148 valence electrons. The summed E-state index contributed by atoms with van der Waals surface area (Å²) in [6, 6.07) is 19.8. The highest BCUT2D eigenvalue weighted by atomic mass is 16.5. The summed E-state index contributed by atoms with van der Waals surface area (Å²) in [5, 5.41) is 8.07. The van der Waals surface area contributed by atoms with Crippen LogP contribution in [0.15, 0.2) is 72.9 Å². The Morgan fingerprint density at radius 2 is 1.66 bits per heavy atom. The first-order chi connectivity index (χ1) is 14.1. The zero-order valence-electron chi connectivity index (χ0n) is 16.0. The van der Waals surface area contributed by atoms with Crippen LogP contribution in [0.3, 0.4) is 0 Å². The molecule has 0 saturated heterocycles. The molecule has 0 fully saturated rings. The van der Waals surface area contributed by atoms with E-state index in [0.29, 0.717) is 23.0 Å². The van der Waals surface area contributed by atoms with Crippen LogP contribution in [0, 0.1) is 6.92 Å². The van der Waals surface area contributed by atoms with Crippen molar-refractivity contribution in [1.82, 2.24) is 10.3 Å². The molecule has 0 unspecified atom stereocenters. The van der Waals surface area contributed by atoms with Gasteiger partial charge in [-0.2, -0.15) is 0 Å². The first kappa shape index (κ1) is 19.9. The molecule has 0 bridgehead atoms. The van der Waals surface area contributed by atoms with Gasteiger partial charge in [-0.25, -0.2) is 9.78 Å². The largest absolute Gasteiger partial charge is 0.439 e. The Bertz CT molecular complexity index is 942. The minimum atomic E-state index is -0.358. The van der Waals surface area contributed by atoms with Crippen LogP contribution in [-0.4, -0.2) is 23.5 Å². The van der Waals surface area contributed by atoms with Crippen molar-refractivity contribution in [2.75, 3.05) is 17.2 Å². The summed E-state index contributed by atoms with van der Waals surface area (Å²) in [5.41, 5.74) is 2.39. The Balaban J connectivity index is 1.40. The fraction of sp³-hybridized carbons (Fsp3) is 0.136. The number of anilines is 2. The van der Waals surface area contributed by atoms with Gasteiger partial charge in [-0.05, 0) is 37.3 Å². The highest BCUT2D eigenvalue weighted by molar-refractivity contribution is 5.92. The smallest absolute Gasteiger partial charge is 0.319 e. The molecule has 0 aliphatic carbocycles. The molecule has 3 amide bonds. The first-order valence-corrected chi connectivity index (χ1v) is 9.19. The molecule has 3 N–H and O–H groups in total. The van der Waals surface area contributed by atoms with Gasteiger partial charge in [0.25, 0.3) is 0 Å². The van der Waals surface area contributed by atoms with Gasteiger partial charge >= 0.3 is 6.03 Å². The quantitative estimate of drug-likeness (QED) is 0.560. The molecular weight excluding hydrogens is 368 g/mol. The van der Waals surface area contributed by atoms with Crippen molar-refractivity contribution in [2.24, 2.45) is 0 Å². The molecule has 0 radical (unpaired) electrons. The number of nitrogens with one attached hydrogen (secondary N) is 3. The lowest BCUT2D eigenvalue weighted by molar-refractivity contribution is -0.116. The van der Waals surface area contributed by atoms with Crippen molar-refractivity contribution < 1.29 is 14.3 Å². The zero-order valence-corrected chi connectivity index (χ0v) is 16.0. The van der Waals surface area contributed by atoms with Crippen LogP contribution >= 0.6 is 0 Å². The molecule has 3 rings (SSSR count). The SMILES string of the molecule is Cc1ccc(Oc2ccc(NC(=O)CCNC(=O)Nc3ccccc3)cn2)cc1. The standard InChI is InChI=1S/C22H22N4O3/c1-16-7-10-19(11-8-16)29-21-12-9-18(15-24-21)25-20(27)13-14-23-22(28)26-17-5-3-2-4-6-17/h2-12,15H,13-14H2,1H3,(H,25,27)(H2,23,26,28). The van der Waals surface area contributed by atoms with E-state index in [1.165, 1.54) is 6.20 Å².